The highest BCUT2D eigenvalue weighted by molar-refractivity contribution is 9.10. The van der Waals surface area contributed by atoms with Gasteiger partial charge >= 0.3 is 0 Å². The summed E-state index contributed by atoms with van der Waals surface area (Å²) in [5.74, 6) is -0.201. The maximum Gasteiger partial charge on any atom is 0.253 e. The Morgan fingerprint density at radius 3 is 2.90 bits per heavy atom. The van der Waals surface area contributed by atoms with Gasteiger partial charge in [-0.15, -0.1) is 11.3 Å². The molecule has 3 N–H and O–H groups in total. The highest BCUT2D eigenvalue weighted by Gasteiger charge is 2.11. The van der Waals surface area contributed by atoms with Crippen molar-refractivity contribution in [1.29, 1.82) is 0 Å². The lowest BCUT2D eigenvalue weighted by Gasteiger charge is -2.06. The molecule has 0 aliphatic carbocycles. The molecule has 0 radical (unpaired) electrons. The second-order valence-electron chi connectivity index (χ2n) is 4.49. The van der Waals surface area contributed by atoms with Gasteiger partial charge in [-0.25, -0.2) is 4.98 Å². The van der Waals surface area contributed by atoms with Crippen LogP contribution < -0.4 is 11.1 Å². The quantitative estimate of drug-likeness (QED) is 0.700. The number of amides is 1. The van der Waals surface area contributed by atoms with E-state index in [1.54, 1.807) is 29.5 Å². The topological polar surface area (TPSA) is 68.0 Å². The number of fused-ring (bicyclic) bond motifs is 1. The highest BCUT2D eigenvalue weighted by atomic mass is 79.9. The van der Waals surface area contributed by atoms with Crippen molar-refractivity contribution >= 4 is 49.1 Å². The number of aromatic nitrogens is 1. The smallest absolute Gasteiger partial charge is 0.253 e. The van der Waals surface area contributed by atoms with E-state index in [1.165, 1.54) is 0 Å². The summed E-state index contributed by atoms with van der Waals surface area (Å²) < 4.78 is 1.94. The number of nitrogen functional groups attached to an aromatic ring is 1. The first-order valence-electron chi connectivity index (χ1n) is 6.31. The monoisotopic (exact) mass is 361 g/mol. The van der Waals surface area contributed by atoms with Gasteiger partial charge in [-0.1, -0.05) is 28.1 Å². The van der Waals surface area contributed by atoms with Crippen molar-refractivity contribution in [3.63, 3.8) is 0 Å². The van der Waals surface area contributed by atoms with Crippen molar-refractivity contribution in [3.8, 4) is 0 Å². The Hall–Kier alpha value is -1.92. The Morgan fingerprint density at radius 1 is 1.29 bits per heavy atom. The number of carbonyl (C=O) groups excluding carboxylic acids is 1. The SMILES string of the molecule is Nc1ccc(Br)cc1C(=O)NCc1nc2ccccc2s1. The number of hydrogen-bond donors (Lipinski definition) is 2. The maximum atomic E-state index is 12.2. The lowest BCUT2D eigenvalue weighted by molar-refractivity contribution is 0.0951. The third kappa shape index (κ3) is 3.06. The Morgan fingerprint density at radius 2 is 2.10 bits per heavy atom. The average Bonchev–Trinajstić information content (AvgIpc) is 2.90. The molecule has 0 unspecified atom stereocenters. The molecule has 0 bridgehead atoms. The molecule has 3 rings (SSSR count). The van der Waals surface area contributed by atoms with Crippen molar-refractivity contribution in [2.75, 3.05) is 5.73 Å². The van der Waals surface area contributed by atoms with Gasteiger partial charge in [0.1, 0.15) is 5.01 Å². The van der Waals surface area contributed by atoms with Gasteiger partial charge in [0.05, 0.1) is 22.3 Å². The summed E-state index contributed by atoms with van der Waals surface area (Å²) in [5.41, 5.74) is 7.70. The van der Waals surface area contributed by atoms with Crippen molar-refractivity contribution in [3.05, 3.63) is 57.5 Å². The van der Waals surface area contributed by atoms with Crippen LogP contribution in [-0.2, 0) is 6.54 Å². The normalized spacial score (nSPS) is 10.7. The number of nitrogens with zero attached hydrogens (tertiary/aromatic N) is 1. The number of rotatable bonds is 3. The molecule has 1 amide bonds. The van der Waals surface area contributed by atoms with Gasteiger partial charge in [0, 0.05) is 10.2 Å². The number of para-hydroxylation sites is 1. The minimum Gasteiger partial charge on any atom is -0.398 e. The fraction of sp³-hybridized carbons (Fsp3) is 0.0667. The Bertz CT molecular complexity index is 783. The molecule has 1 aromatic heterocycles. The van der Waals surface area contributed by atoms with E-state index >= 15 is 0 Å². The molecular formula is C15H12BrN3OS. The van der Waals surface area contributed by atoms with Crippen LogP contribution in [0.15, 0.2) is 46.9 Å². The lowest BCUT2D eigenvalue weighted by atomic mass is 10.1. The minimum atomic E-state index is -0.201. The maximum absolute atomic E-state index is 12.2. The number of thiazole rings is 1. The predicted molar refractivity (Wildman–Crippen MR) is 89.3 cm³/mol. The first-order valence-corrected chi connectivity index (χ1v) is 7.92. The van der Waals surface area contributed by atoms with Gasteiger partial charge in [-0.2, -0.15) is 0 Å². The van der Waals surface area contributed by atoms with Gasteiger partial charge < -0.3 is 11.1 Å². The molecule has 0 fully saturated rings. The van der Waals surface area contributed by atoms with Crippen LogP contribution in [0, 0.1) is 0 Å². The summed E-state index contributed by atoms with van der Waals surface area (Å²) in [6.07, 6.45) is 0. The van der Waals surface area contributed by atoms with Gasteiger partial charge in [0.2, 0.25) is 0 Å². The Labute approximate surface area is 134 Å². The molecule has 0 saturated carbocycles. The molecule has 0 aliphatic rings. The first kappa shape index (κ1) is 14.0. The summed E-state index contributed by atoms with van der Waals surface area (Å²) in [7, 11) is 0. The van der Waals surface area contributed by atoms with Crippen LogP contribution in [0.5, 0.6) is 0 Å². The lowest BCUT2D eigenvalue weighted by Crippen LogP contribution is -2.23. The van der Waals surface area contributed by atoms with Crippen molar-refractivity contribution in [1.82, 2.24) is 10.3 Å². The van der Waals surface area contributed by atoms with E-state index in [-0.39, 0.29) is 5.91 Å². The molecule has 21 heavy (non-hydrogen) atoms. The van der Waals surface area contributed by atoms with Crippen molar-refractivity contribution in [2.24, 2.45) is 0 Å². The number of hydrogen-bond acceptors (Lipinski definition) is 4. The fourth-order valence-corrected chi connectivity index (χ4v) is 3.24. The minimum absolute atomic E-state index is 0.201. The number of carbonyl (C=O) groups is 1. The molecule has 2 aromatic carbocycles. The number of halogens is 1. The first-order chi connectivity index (χ1) is 10.1. The van der Waals surface area contributed by atoms with Gasteiger partial charge in [-0.05, 0) is 30.3 Å². The van der Waals surface area contributed by atoms with E-state index in [9.17, 15) is 4.79 Å². The molecule has 0 spiro atoms. The summed E-state index contributed by atoms with van der Waals surface area (Å²) in [4.78, 5) is 16.7. The van der Waals surface area contributed by atoms with E-state index in [1.807, 2.05) is 24.3 Å². The third-order valence-corrected chi connectivity index (χ3v) is 4.53. The fourth-order valence-electron chi connectivity index (χ4n) is 1.97. The largest absolute Gasteiger partial charge is 0.398 e. The molecule has 106 valence electrons. The van der Waals surface area contributed by atoms with Gasteiger partial charge in [0.15, 0.2) is 0 Å². The van der Waals surface area contributed by atoms with E-state index < -0.39 is 0 Å². The molecule has 1 heterocycles. The van der Waals surface area contributed by atoms with E-state index in [4.69, 9.17) is 5.73 Å². The summed E-state index contributed by atoms with van der Waals surface area (Å²) in [6.45, 7) is 0.393. The summed E-state index contributed by atoms with van der Waals surface area (Å²) in [5, 5.41) is 3.73. The third-order valence-electron chi connectivity index (χ3n) is 3.00. The van der Waals surface area contributed by atoms with Crippen LogP contribution in [0.1, 0.15) is 15.4 Å². The Kier molecular flexibility index (Phi) is 3.90. The van der Waals surface area contributed by atoms with E-state index in [0.717, 1.165) is 19.7 Å². The summed E-state index contributed by atoms with van der Waals surface area (Å²) in [6, 6.07) is 13.1. The molecule has 3 aromatic rings. The van der Waals surface area contributed by atoms with Gasteiger partial charge in [-0.3, -0.25) is 4.79 Å². The van der Waals surface area contributed by atoms with Crippen LogP contribution in [0.25, 0.3) is 10.2 Å². The zero-order valence-electron chi connectivity index (χ0n) is 11.0. The molecule has 4 nitrogen and oxygen atoms in total. The molecule has 0 aliphatic heterocycles. The van der Waals surface area contributed by atoms with Crippen LogP contribution >= 0.6 is 27.3 Å². The van der Waals surface area contributed by atoms with E-state index in [2.05, 4.69) is 26.2 Å². The zero-order chi connectivity index (χ0) is 14.8. The molecule has 0 saturated heterocycles. The highest BCUT2D eigenvalue weighted by Crippen LogP contribution is 2.22. The number of nitrogens with two attached hydrogens (primary N) is 1. The molecule has 0 atom stereocenters. The van der Waals surface area contributed by atoms with Crippen molar-refractivity contribution < 1.29 is 4.79 Å². The van der Waals surface area contributed by atoms with Crippen LogP contribution in [-0.4, -0.2) is 10.9 Å². The summed E-state index contributed by atoms with van der Waals surface area (Å²) >= 11 is 4.91. The Balaban J connectivity index is 1.74. The molecule has 6 heteroatoms. The molecular weight excluding hydrogens is 350 g/mol. The second kappa shape index (κ2) is 5.83. The predicted octanol–water partition coefficient (Wildman–Crippen LogP) is 3.57. The number of benzene rings is 2. The number of nitrogens with one attached hydrogen (secondary N) is 1. The zero-order valence-corrected chi connectivity index (χ0v) is 13.4. The second-order valence-corrected chi connectivity index (χ2v) is 6.52. The standard InChI is InChI=1S/C15H12BrN3OS/c16-9-5-6-11(17)10(7-9)15(20)18-8-14-19-12-3-1-2-4-13(12)21-14/h1-7H,8,17H2,(H,18,20). The van der Waals surface area contributed by atoms with Crippen LogP contribution in [0.3, 0.4) is 0 Å². The van der Waals surface area contributed by atoms with Crippen LogP contribution in [0.4, 0.5) is 5.69 Å². The van der Waals surface area contributed by atoms with Crippen LogP contribution in [0.2, 0.25) is 0 Å². The average molecular weight is 362 g/mol. The van der Waals surface area contributed by atoms with E-state index in [0.29, 0.717) is 17.8 Å². The number of anilines is 1. The van der Waals surface area contributed by atoms with Crippen molar-refractivity contribution in [2.45, 2.75) is 6.54 Å². The van der Waals surface area contributed by atoms with Gasteiger partial charge in [0.25, 0.3) is 5.91 Å².